The summed E-state index contributed by atoms with van der Waals surface area (Å²) in [6.45, 7) is 2.38. The first-order valence-electron chi connectivity index (χ1n) is 7.10. The third-order valence-electron chi connectivity index (χ3n) is 4.37. The molecule has 1 aliphatic rings. The summed E-state index contributed by atoms with van der Waals surface area (Å²) >= 11 is 0. The van der Waals surface area contributed by atoms with E-state index in [2.05, 4.69) is 9.62 Å². The Kier molecular flexibility index (Phi) is 4.52. The van der Waals surface area contributed by atoms with E-state index in [1.807, 2.05) is 27.1 Å². The molecule has 0 bridgehead atoms. The molecule has 0 atom stereocenters. The lowest BCUT2D eigenvalue weighted by atomic mass is 9.97. The van der Waals surface area contributed by atoms with Gasteiger partial charge in [-0.25, -0.2) is 13.1 Å². The van der Waals surface area contributed by atoms with Crippen molar-refractivity contribution in [2.24, 2.45) is 0 Å². The Morgan fingerprint density at radius 3 is 2.45 bits per heavy atom. The van der Waals surface area contributed by atoms with Crippen LogP contribution >= 0.6 is 0 Å². The quantitative estimate of drug-likeness (QED) is 0.906. The van der Waals surface area contributed by atoms with Crippen molar-refractivity contribution in [3.8, 4) is 0 Å². The van der Waals surface area contributed by atoms with E-state index in [4.69, 9.17) is 0 Å². The Balaban J connectivity index is 2.13. The van der Waals surface area contributed by atoms with Gasteiger partial charge in [-0.2, -0.15) is 0 Å². The molecule has 5 heteroatoms. The molecule has 2 rings (SSSR count). The highest BCUT2D eigenvalue weighted by molar-refractivity contribution is 7.89. The number of rotatable bonds is 5. The highest BCUT2D eigenvalue weighted by Crippen LogP contribution is 2.33. The van der Waals surface area contributed by atoms with E-state index < -0.39 is 10.0 Å². The number of hydrogen-bond donors (Lipinski definition) is 1. The fourth-order valence-electron chi connectivity index (χ4n) is 2.91. The Morgan fingerprint density at radius 2 is 1.90 bits per heavy atom. The summed E-state index contributed by atoms with van der Waals surface area (Å²) in [5, 5.41) is 0. The third kappa shape index (κ3) is 3.22. The first-order chi connectivity index (χ1) is 9.36. The number of sulfonamides is 1. The van der Waals surface area contributed by atoms with Gasteiger partial charge in [0, 0.05) is 12.1 Å². The summed E-state index contributed by atoms with van der Waals surface area (Å²) in [6, 6.07) is 7.03. The standard InChI is InChI=1S/C15H24N2O2S/c1-13-7-6-8-14(11-13)20(18,19)16-12-15(17(2)3)9-4-5-10-15/h6-8,11,16H,4-5,9-10,12H2,1-3H3. The molecule has 1 aromatic rings. The maximum atomic E-state index is 12.4. The van der Waals surface area contributed by atoms with Crippen LogP contribution in [0.2, 0.25) is 0 Å². The van der Waals surface area contributed by atoms with Crippen LogP contribution in [0.25, 0.3) is 0 Å². The number of aryl methyl sites for hydroxylation is 1. The monoisotopic (exact) mass is 296 g/mol. The molecule has 0 aromatic heterocycles. The maximum absolute atomic E-state index is 12.4. The van der Waals surface area contributed by atoms with Gasteiger partial charge < -0.3 is 4.90 Å². The van der Waals surface area contributed by atoms with Gasteiger partial charge in [-0.15, -0.1) is 0 Å². The van der Waals surface area contributed by atoms with Gasteiger partial charge in [-0.05, 0) is 51.6 Å². The fraction of sp³-hybridized carbons (Fsp3) is 0.600. The fourth-order valence-corrected chi connectivity index (χ4v) is 4.13. The van der Waals surface area contributed by atoms with Gasteiger partial charge in [-0.3, -0.25) is 0 Å². The van der Waals surface area contributed by atoms with Crippen LogP contribution in [-0.4, -0.2) is 39.5 Å². The maximum Gasteiger partial charge on any atom is 0.240 e. The van der Waals surface area contributed by atoms with Crippen molar-refractivity contribution in [2.75, 3.05) is 20.6 Å². The van der Waals surface area contributed by atoms with Crippen molar-refractivity contribution < 1.29 is 8.42 Å². The van der Waals surface area contributed by atoms with Gasteiger partial charge in [0.2, 0.25) is 10.0 Å². The molecule has 1 fully saturated rings. The lowest BCUT2D eigenvalue weighted by Crippen LogP contribution is -2.50. The van der Waals surface area contributed by atoms with Crippen molar-refractivity contribution in [3.05, 3.63) is 29.8 Å². The molecule has 0 saturated heterocycles. The van der Waals surface area contributed by atoms with E-state index in [0.29, 0.717) is 11.4 Å². The molecule has 0 unspecified atom stereocenters. The van der Waals surface area contributed by atoms with E-state index in [9.17, 15) is 8.42 Å². The largest absolute Gasteiger partial charge is 0.302 e. The van der Waals surface area contributed by atoms with Crippen LogP contribution in [-0.2, 0) is 10.0 Å². The minimum Gasteiger partial charge on any atom is -0.302 e. The molecule has 1 saturated carbocycles. The molecule has 112 valence electrons. The minimum atomic E-state index is -3.42. The predicted molar refractivity (Wildman–Crippen MR) is 81.3 cm³/mol. The molecule has 20 heavy (non-hydrogen) atoms. The van der Waals surface area contributed by atoms with E-state index in [1.165, 1.54) is 12.8 Å². The first kappa shape index (κ1) is 15.5. The van der Waals surface area contributed by atoms with E-state index >= 15 is 0 Å². The summed E-state index contributed by atoms with van der Waals surface area (Å²) in [5.74, 6) is 0. The van der Waals surface area contributed by atoms with Gasteiger partial charge in [0.1, 0.15) is 0 Å². The number of nitrogens with one attached hydrogen (secondary N) is 1. The zero-order chi connectivity index (χ0) is 14.8. The average molecular weight is 296 g/mol. The number of benzene rings is 1. The van der Waals surface area contributed by atoms with Crippen LogP contribution in [0.1, 0.15) is 31.2 Å². The summed E-state index contributed by atoms with van der Waals surface area (Å²) in [7, 11) is 0.649. The lowest BCUT2D eigenvalue weighted by Gasteiger charge is -2.36. The second-order valence-corrected chi connectivity index (χ2v) is 7.73. The van der Waals surface area contributed by atoms with Crippen molar-refractivity contribution in [2.45, 2.75) is 43.0 Å². The molecule has 0 radical (unpaired) electrons. The molecule has 0 amide bonds. The van der Waals surface area contributed by atoms with Gasteiger partial charge in [0.05, 0.1) is 4.90 Å². The summed E-state index contributed by atoms with van der Waals surface area (Å²) in [5.41, 5.74) is 0.924. The van der Waals surface area contributed by atoms with E-state index in [0.717, 1.165) is 18.4 Å². The predicted octanol–water partition coefficient (Wildman–Crippen LogP) is 2.15. The molecule has 0 aliphatic heterocycles. The normalized spacial score (nSPS) is 18.6. The van der Waals surface area contributed by atoms with Crippen molar-refractivity contribution >= 4 is 10.0 Å². The highest BCUT2D eigenvalue weighted by Gasteiger charge is 2.36. The van der Waals surface area contributed by atoms with Gasteiger partial charge in [0.25, 0.3) is 0 Å². The summed E-state index contributed by atoms with van der Waals surface area (Å²) in [6.07, 6.45) is 4.45. The molecule has 1 N–H and O–H groups in total. The minimum absolute atomic E-state index is 0.0309. The Hall–Kier alpha value is -0.910. The number of likely N-dealkylation sites (N-methyl/N-ethyl adjacent to an activating group) is 1. The van der Waals surface area contributed by atoms with Gasteiger partial charge in [-0.1, -0.05) is 25.0 Å². The SMILES string of the molecule is Cc1cccc(S(=O)(=O)NCC2(N(C)C)CCCC2)c1. The second kappa shape index (κ2) is 5.84. The molecule has 0 spiro atoms. The molecule has 0 heterocycles. The Morgan fingerprint density at radius 1 is 1.25 bits per heavy atom. The zero-order valence-corrected chi connectivity index (χ0v) is 13.3. The number of nitrogens with zero attached hydrogens (tertiary/aromatic N) is 1. The summed E-state index contributed by atoms with van der Waals surface area (Å²) < 4.78 is 27.5. The molecular weight excluding hydrogens is 272 g/mol. The molecular formula is C15H24N2O2S. The smallest absolute Gasteiger partial charge is 0.240 e. The van der Waals surface area contributed by atoms with Crippen molar-refractivity contribution in [1.29, 1.82) is 0 Å². The zero-order valence-electron chi connectivity index (χ0n) is 12.5. The van der Waals surface area contributed by atoms with Gasteiger partial charge >= 0.3 is 0 Å². The first-order valence-corrected chi connectivity index (χ1v) is 8.58. The van der Waals surface area contributed by atoms with Crippen LogP contribution in [0.3, 0.4) is 0 Å². The second-order valence-electron chi connectivity index (χ2n) is 5.97. The van der Waals surface area contributed by atoms with Crippen LogP contribution in [0.5, 0.6) is 0 Å². The number of hydrogen-bond acceptors (Lipinski definition) is 3. The average Bonchev–Trinajstić information content (AvgIpc) is 2.87. The van der Waals surface area contributed by atoms with Gasteiger partial charge in [0.15, 0.2) is 0 Å². The highest BCUT2D eigenvalue weighted by atomic mass is 32.2. The topological polar surface area (TPSA) is 49.4 Å². The van der Waals surface area contributed by atoms with Crippen molar-refractivity contribution in [3.63, 3.8) is 0 Å². The Labute approximate surface area is 122 Å². The van der Waals surface area contributed by atoms with E-state index in [1.54, 1.807) is 18.2 Å². The third-order valence-corrected chi connectivity index (χ3v) is 5.77. The van der Waals surface area contributed by atoms with Crippen LogP contribution in [0, 0.1) is 6.92 Å². The molecule has 4 nitrogen and oxygen atoms in total. The molecule has 1 aliphatic carbocycles. The lowest BCUT2D eigenvalue weighted by molar-refractivity contribution is 0.162. The van der Waals surface area contributed by atoms with Crippen LogP contribution < -0.4 is 4.72 Å². The van der Waals surface area contributed by atoms with Crippen LogP contribution in [0.15, 0.2) is 29.2 Å². The van der Waals surface area contributed by atoms with Crippen molar-refractivity contribution in [1.82, 2.24) is 9.62 Å². The summed E-state index contributed by atoms with van der Waals surface area (Å²) in [4.78, 5) is 2.52. The molecule has 1 aromatic carbocycles. The Bertz CT molecular complexity index is 561. The van der Waals surface area contributed by atoms with Crippen LogP contribution in [0.4, 0.5) is 0 Å². The van der Waals surface area contributed by atoms with E-state index in [-0.39, 0.29) is 5.54 Å².